The lowest BCUT2D eigenvalue weighted by Gasteiger charge is -2.13. The summed E-state index contributed by atoms with van der Waals surface area (Å²) in [5.74, 6) is 1.63. The number of ether oxygens (including phenoxy) is 1. The maximum Gasteiger partial charge on any atom is 0.122 e. The van der Waals surface area contributed by atoms with Crippen LogP contribution in [-0.2, 0) is 13.0 Å². The van der Waals surface area contributed by atoms with Crippen LogP contribution in [0.15, 0.2) is 72.8 Å². The molecule has 0 radical (unpaired) electrons. The smallest absolute Gasteiger partial charge is 0.122 e. The topological polar surface area (TPSA) is 9.23 Å². The molecule has 0 aliphatic heterocycles. The highest BCUT2D eigenvalue weighted by Crippen LogP contribution is 2.26. The second kappa shape index (κ2) is 8.02. The van der Waals surface area contributed by atoms with Crippen LogP contribution in [0, 0.1) is 12.8 Å². The number of para-hydroxylation sites is 1. The Morgan fingerprint density at radius 2 is 1.48 bits per heavy atom. The van der Waals surface area contributed by atoms with Crippen LogP contribution in [0.3, 0.4) is 0 Å². The summed E-state index contributed by atoms with van der Waals surface area (Å²) in [4.78, 5) is 0. The van der Waals surface area contributed by atoms with Gasteiger partial charge in [0.2, 0.25) is 0 Å². The number of rotatable bonds is 6. The van der Waals surface area contributed by atoms with Crippen molar-refractivity contribution in [3.8, 4) is 16.9 Å². The first kappa shape index (κ1) is 17.3. The second-order valence-electron chi connectivity index (χ2n) is 7.01. The summed E-state index contributed by atoms with van der Waals surface area (Å²) in [6.45, 7) is 7.17. The number of benzene rings is 3. The van der Waals surface area contributed by atoms with E-state index in [-0.39, 0.29) is 0 Å². The lowest BCUT2D eigenvalue weighted by molar-refractivity contribution is 0.304. The van der Waals surface area contributed by atoms with E-state index in [2.05, 4.69) is 75.4 Å². The molecule has 0 amide bonds. The molecule has 0 N–H and O–H groups in total. The van der Waals surface area contributed by atoms with Crippen LogP contribution < -0.4 is 4.74 Å². The standard InChI is InChI=1S/C24H26O/c1-18(2)16-20-12-14-21(15-13-20)23-10-6-5-9-22(23)17-25-24-11-7-4-8-19(24)3/h4-15,18H,16-17H2,1-3H3. The van der Waals surface area contributed by atoms with E-state index in [1.165, 1.54) is 22.3 Å². The summed E-state index contributed by atoms with van der Waals surface area (Å²) in [5, 5.41) is 0. The van der Waals surface area contributed by atoms with E-state index < -0.39 is 0 Å². The fraction of sp³-hybridized carbons (Fsp3) is 0.250. The minimum atomic E-state index is 0.578. The first-order chi connectivity index (χ1) is 12.1. The summed E-state index contributed by atoms with van der Waals surface area (Å²) in [6.07, 6.45) is 1.12. The Balaban J connectivity index is 1.80. The van der Waals surface area contributed by atoms with E-state index in [0.29, 0.717) is 12.5 Å². The van der Waals surface area contributed by atoms with Gasteiger partial charge in [0, 0.05) is 0 Å². The highest BCUT2D eigenvalue weighted by atomic mass is 16.5. The maximum absolute atomic E-state index is 6.06. The van der Waals surface area contributed by atoms with Crippen LogP contribution in [0.2, 0.25) is 0 Å². The lowest BCUT2D eigenvalue weighted by atomic mass is 9.96. The first-order valence-electron chi connectivity index (χ1n) is 8.99. The summed E-state index contributed by atoms with van der Waals surface area (Å²) in [5.41, 5.74) is 6.26. The molecule has 0 bridgehead atoms. The van der Waals surface area contributed by atoms with Gasteiger partial charge in [-0.2, -0.15) is 0 Å². The quantitative estimate of drug-likeness (QED) is 0.505. The molecular weight excluding hydrogens is 304 g/mol. The van der Waals surface area contributed by atoms with Gasteiger partial charge in [0.25, 0.3) is 0 Å². The third kappa shape index (κ3) is 4.51. The third-order valence-corrected chi connectivity index (χ3v) is 4.40. The molecule has 128 valence electrons. The predicted molar refractivity (Wildman–Crippen MR) is 106 cm³/mol. The van der Waals surface area contributed by atoms with E-state index in [1.807, 2.05) is 18.2 Å². The zero-order valence-corrected chi connectivity index (χ0v) is 15.3. The van der Waals surface area contributed by atoms with Crippen molar-refractivity contribution >= 4 is 0 Å². The molecule has 0 aromatic heterocycles. The zero-order chi connectivity index (χ0) is 17.6. The fourth-order valence-corrected chi connectivity index (χ4v) is 3.09. The van der Waals surface area contributed by atoms with Gasteiger partial charge in [0.05, 0.1) is 0 Å². The summed E-state index contributed by atoms with van der Waals surface area (Å²) in [6, 6.07) is 25.6. The van der Waals surface area contributed by atoms with Gasteiger partial charge in [-0.3, -0.25) is 0 Å². The SMILES string of the molecule is Cc1ccccc1OCc1ccccc1-c1ccc(CC(C)C)cc1. The van der Waals surface area contributed by atoms with Crippen molar-refractivity contribution in [2.45, 2.75) is 33.8 Å². The second-order valence-corrected chi connectivity index (χ2v) is 7.01. The van der Waals surface area contributed by atoms with E-state index in [1.54, 1.807) is 0 Å². The Bertz CT molecular complexity index is 816. The summed E-state index contributed by atoms with van der Waals surface area (Å²) < 4.78 is 6.06. The van der Waals surface area contributed by atoms with Crippen molar-refractivity contribution in [1.82, 2.24) is 0 Å². The Morgan fingerprint density at radius 1 is 0.800 bits per heavy atom. The van der Waals surface area contributed by atoms with Gasteiger partial charge in [-0.15, -0.1) is 0 Å². The Kier molecular flexibility index (Phi) is 5.55. The molecule has 25 heavy (non-hydrogen) atoms. The van der Waals surface area contributed by atoms with Crippen LogP contribution in [-0.4, -0.2) is 0 Å². The van der Waals surface area contributed by atoms with Crippen LogP contribution in [0.5, 0.6) is 5.75 Å². The predicted octanol–water partition coefficient (Wildman–Crippen LogP) is 6.44. The van der Waals surface area contributed by atoms with Crippen LogP contribution >= 0.6 is 0 Å². The van der Waals surface area contributed by atoms with Gasteiger partial charge in [0.15, 0.2) is 0 Å². The largest absolute Gasteiger partial charge is 0.489 e. The third-order valence-electron chi connectivity index (χ3n) is 4.40. The molecule has 0 saturated carbocycles. The molecule has 0 aliphatic carbocycles. The Labute approximate surface area is 151 Å². The average molecular weight is 330 g/mol. The van der Waals surface area contributed by atoms with Crippen molar-refractivity contribution in [2.75, 3.05) is 0 Å². The summed E-state index contributed by atoms with van der Waals surface area (Å²) in [7, 11) is 0. The molecular formula is C24H26O. The van der Waals surface area contributed by atoms with Crippen molar-refractivity contribution in [3.05, 3.63) is 89.5 Å². The van der Waals surface area contributed by atoms with Gasteiger partial charge in [0.1, 0.15) is 12.4 Å². The number of hydrogen-bond acceptors (Lipinski definition) is 1. The van der Waals surface area contributed by atoms with Gasteiger partial charge < -0.3 is 4.74 Å². The highest BCUT2D eigenvalue weighted by molar-refractivity contribution is 5.67. The Morgan fingerprint density at radius 3 is 2.20 bits per heavy atom. The number of hydrogen-bond donors (Lipinski definition) is 0. The molecule has 0 atom stereocenters. The molecule has 3 rings (SSSR count). The lowest BCUT2D eigenvalue weighted by Crippen LogP contribution is -1.99. The van der Waals surface area contributed by atoms with Gasteiger partial charge >= 0.3 is 0 Å². The molecule has 3 aromatic carbocycles. The van der Waals surface area contributed by atoms with Crippen LogP contribution in [0.25, 0.3) is 11.1 Å². The van der Waals surface area contributed by atoms with Crippen LogP contribution in [0.1, 0.15) is 30.5 Å². The minimum absolute atomic E-state index is 0.578. The van der Waals surface area contributed by atoms with Crippen molar-refractivity contribution in [2.24, 2.45) is 5.92 Å². The van der Waals surface area contributed by atoms with Crippen molar-refractivity contribution < 1.29 is 4.74 Å². The molecule has 0 fully saturated rings. The zero-order valence-electron chi connectivity index (χ0n) is 15.3. The van der Waals surface area contributed by atoms with Crippen molar-refractivity contribution in [1.29, 1.82) is 0 Å². The molecule has 0 unspecified atom stereocenters. The monoisotopic (exact) mass is 330 g/mol. The summed E-state index contributed by atoms with van der Waals surface area (Å²) >= 11 is 0. The maximum atomic E-state index is 6.06. The highest BCUT2D eigenvalue weighted by Gasteiger charge is 2.07. The van der Waals surface area contributed by atoms with Gasteiger partial charge in [-0.25, -0.2) is 0 Å². The molecule has 0 spiro atoms. The minimum Gasteiger partial charge on any atom is -0.489 e. The van der Waals surface area contributed by atoms with Gasteiger partial charge in [-0.1, -0.05) is 80.6 Å². The molecule has 0 heterocycles. The average Bonchev–Trinajstić information content (AvgIpc) is 2.62. The molecule has 0 aliphatic rings. The first-order valence-corrected chi connectivity index (χ1v) is 8.99. The Hall–Kier alpha value is -2.54. The van der Waals surface area contributed by atoms with E-state index in [4.69, 9.17) is 4.74 Å². The van der Waals surface area contributed by atoms with E-state index >= 15 is 0 Å². The fourth-order valence-electron chi connectivity index (χ4n) is 3.09. The molecule has 1 nitrogen and oxygen atoms in total. The van der Waals surface area contributed by atoms with E-state index in [9.17, 15) is 0 Å². The molecule has 3 aromatic rings. The number of aryl methyl sites for hydroxylation is 1. The molecule has 0 saturated heterocycles. The van der Waals surface area contributed by atoms with E-state index in [0.717, 1.165) is 17.7 Å². The van der Waals surface area contributed by atoms with Crippen LogP contribution in [0.4, 0.5) is 0 Å². The van der Waals surface area contributed by atoms with Crippen molar-refractivity contribution in [3.63, 3.8) is 0 Å². The molecule has 1 heteroatoms. The normalized spacial score (nSPS) is 10.9. The van der Waals surface area contributed by atoms with Gasteiger partial charge in [-0.05, 0) is 53.1 Å².